The van der Waals surface area contributed by atoms with E-state index in [-0.39, 0.29) is 35.3 Å². The summed E-state index contributed by atoms with van der Waals surface area (Å²) in [6.07, 6.45) is 0. The van der Waals surface area contributed by atoms with E-state index in [0.29, 0.717) is 13.1 Å². The number of amides is 1. The van der Waals surface area contributed by atoms with Crippen LogP contribution in [-0.2, 0) is 11.3 Å². The van der Waals surface area contributed by atoms with E-state index in [1.807, 2.05) is 20.8 Å². The van der Waals surface area contributed by atoms with Crippen LogP contribution in [0.2, 0.25) is 0 Å². The number of carbonyl (C=O) groups excluding carboxylic acids is 1. The third-order valence-electron chi connectivity index (χ3n) is 2.83. The molecule has 0 saturated heterocycles. The van der Waals surface area contributed by atoms with Crippen molar-refractivity contribution in [1.82, 2.24) is 16.0 Å². The Morgan fingerprint density at radius 1 is 1.18 bits per heavy atom. The summed E-state index contributed by atoms with van der Waals surface area (Å²) in [5.41, 5.74) is -0.350. The Labute approximate surface area is 154 Å². The molecule has 0 fully saturated rings. The second kappa shape index (κ2) is 10.0. The fourth-order valence-corrected chi connectivity index (χ4v) is 2.42. The molecule has 126 valence electrons. The van der Waals surface area contributed by atoms with E-state index in [0.717, 1.165) is 12.5 Å². The number of halogens is 1. The van der Waals surface area contributed by atoms with E-state index in [4.69, 9.17) is 0 Å². The number of carbonyl (C=O) groups is 1. The van der Waals surface area contributed by atoms with Crippen molar-refractivity contribution in [3.8, 4) is 0 Å². The van der Waals surface area contributed by atoms with Crippen molar-refractivity contribution in [2.45, 2.75) is 34.2 Å². The third-order valence-corrected chi connectivity index (χ3v) is 3.83. The van der Waals surface area contributed by atoms with Gasteiger partial charge >= 0.3 is 0 Å². The predicted molar refractivity (Wildman–Crippen MR) is 105 cm³/mol. The Hall–Kier alpha value is -0.830. The van der Waals surface area contributed by atoms with Crippen LogP contribution in [0.25, 0.3) is 0 Å². The zero-order chi connectivity index (χ0) is 15.9. The minimum absolute atomic E-state index is 0. The van der Waals surface area contributed by atoms with Crippen LogP contribution in [0.5, 0.6) is 0 Å². The van der Waals surface area contributed by atoms with Gasteiger partial charge in [0, 0.05) is 35.3 Å². The third kappa shape index (κ3) is 7.98. The normalized spacial score (nSPS) is 11.6. The zero-order valence-corrected chi connectivity index (χ0v) is 17.1. The predicted octanol–water partition coefficient (Wildman–Crippen LogP) is 2.50. The highest BCUT2D eigenvalue weighted by Gasteiger charge is 2.20. The molecule has 0 aliphatic carbocycles. The number of nitrogens with zero attached hydrogens (tertiary/aromatic N) is 1. The van der Waals surface area contributed by atoms with Crippen LogP contribution in [0.4, 0.5) is 0 Å². The Kier molecular flexibility index (Phi) is 9.66. The molecule has 0 bridgehead atoms. The van der Waals surface area contributed by atoms with E-state index in [2.05, 4.69) is 40.0 Å². The van der Waals surface area contributed by atoms with Gasteiger partial charge in [-0.15, -0.1) is 35.3 Å². The minimum Gasteiger partial charge on any atom is -0.355 e. The average Bonchev–Trinajstić information content (AvgIpc) is 2.82. The number of thiophene rings is 1. The van der Waals surface area contributed by atoms with Gasteiger partial charge in [-0.3, -0.25) is 9.79 Å². The first-order valence-corrected chi connectivity index (χ1v) is 7.92. The number of rotatable bonds is 5. The van der Waals surface area contributed by atoms with E-state index >= 15 is 0 Å². The SMILES string of the molecule is CN=C(NCCNC(=O)C(C)(C)C)NCc1ccc(C)s1.I. The lowest BCUT2D eigenvalue weighted by atomic mass is 9.96. The fourth-order valence-electron chi connectivity index (χ4n) is 1.59. The molecule has 0 aliphatic heterocycles. The first kappa shape index (κ1) is 21.2. The first-order valence-electron chi connectivity index (χ1n) is 7.11. The van der Waals surface area contributed by atoms with Crippen LogP contribution < -0.4 is 16.0 Å². The van der Waals surface area contributed by atoms with Gasteiger partial charge < -0.3 is 16.0 Å². The molecule has 1 rings (SSSR count). The smallest absolute Gasteiger partial charge is 0.225 e. The molecule has 0 aromatic carbocycles. The molecular weight excluding hydrogens is 411 g/mol. The van der Waals surface area contributed by atoms with Gasteiger partial charge in [-0.2, -0.15) is 0 Å². The Morgan fingerprint density at radius 2 is 1.82 bits per heavy atom. The molecule has 3 N–H and O–H groups in total. The minimum atomic E-state index is -0.350. The molecule has 0 spiro atoms. The molecule has 0 unspecified atom stereocenters. The van der Waals surface area contributed by atoms with Crippen LogP contribution in [0.15, 0.2) is 17.1 Å². The lowest BCUT2D eigenvalue weighted by molar-refractivity contribution is -0.128. The lowest BCUT2D eigenvalue weighted by Gasteiger charge is -2.18. The van der Waals surface area contributed by atoms with Crippen LogP contribution in [-0.4, -0.2) is 32.0 Å². The summed E-state index contributed by atoms with van der Waals surface area (Å²) in [7, 11) is 1.74. The summed E-state index contributed by atoms with van der Waals surface area (Å²) >= 11 is 1.77. The number of aliphatic imine (C=N–C) groups is 1. The molecule has 1 aromatic rings. The summed E-state index contributed by atoms with van der Waals surface area (Å²) in [4.78, 5) is 18.4. The molecule has 1 heterocycles. The van der Waals surface area contributed by atoms with Gasteiger partial charge in [0.25, 0.3) is 0 Å². The maximum Gasteiger partial charge on any atom is 0.225 e. The quantitative estimate of drug-likeness (QED) is 0.287. The van der Waals surface area contributed by atoms with Crippen molar-refractivity contribution in [2.75, 3.05) is 20.1 Å². The van der Waals surface area contributed by atoms with Gasteiger partial charge in [-0.05, 0) is 19.1 Å². The summed E-state index contributed by atoms with van der Waals surface area (Å²) < 4.78 is 0. The van der Waals surface area contributed by atoms with Crippen LogP contribution >= 0.6 is 35.3 Å². The Bertz CT molecular complexity index is 494. The van der Waals surface area contributed by atoms with Crippen LogP contribution in [0, 0.1) is 12.3 Å². The van der Waals surface area contributed by atoms with Crippen molar-refractivity contribution in [2.24, 2.45) is 10.4 Å². The molecule has 1 amide bonds. The molecular formula is C15H27IN4OS. The second-order valence-corrected chi connectivity index (χ2v) is 7.24. The topological polar surface area (TPSA) is 65.5 Å². The highest BCUT2D eigenvalue weighted by Crippen LogP contribution is 2.14. The maximum atomic E-state index is 11.7. The summed E-state index contributed by atoms with van der Waals surface area (Å²) in [6, 6.07) is 4.23. The first-order chi connectivity index (χ1) is 9.82. The van der Waals surface area contributed by atoms with Crippen molar-refractivity contribution < 1.29 is 4.79 Å². The van der Waals surface area contributed by atoms with Gasteiger partial charge in [0.15, 0.2) is 5.96 Å². The molecule has 0 saturated carbocycles. The monoisotopic (exact) mass is 438 g/mol. The molecule has 5 nitrogen and oxygen atoms in total. The maximum absolute atomic E-state index is 11.7. The molecule has 7 heteroatoms. The van der Waals surface area contributed by atoms with Crippen molar-refractivity contribution in [1.29, 1.82) is 0 Å². The van der Waals surface area contributed by atoms with E-state index in [9.17, 15) is 4.79 Å². The van der Waals surface area contributed by atoms with E-state index in [1.54, 1.807) is 18.4 Å². The van der Waals surface area contributed by atoms with Crippen molar-refractivity contribution in [3.63, 3.8) is 0 Å². The van der Waals surface area contributed by atoms with Crippen molar-refractivity contribution >= 4 is 47.2 Å². The number of hydrogen-bond donors (Lipinski definition) is 3. The average molecular weight is 438 g/mol. The number of aryl methyl sites for hydroxylation is 1. The highest BCUT2D eigenvalue weighted by atomic mass is 127. The van der Waals surface area contributed by atoms with Gasteiger partial charge in [-0.25, -0.2) is 0 Å². The van der Waals surface area contributed by atoms with Crippen molar-refractivity contribution in [3.05, 3.63) is 21.9 Å². The number of nitrogens with one attached hydrogen (secondary N) is 3. The number of guanidine groups is 1. The van der Waals surface area contributed by atoms with Crippen LogP contribution in [0.3, 0.4) is 0 Å². The van der Waals surface area contributed by atoms with E-state index in [1.165, 1.54) is 9.75 Å². The Morgan fingerprint density at radius 3 is 2.32 bits per heavy atom. The summed E-state index contributed by atoms with van der Waals surface area (Å²) in [6.45, 7) is 9.78. The molecule has 1 aromatic heterocycles. The fraction of sp³-hybridized carbons (Fsp3) is 0.600. The van der Waals surface area contributed by atoms with Gasteiger partial charge in [0.1, 0.15) is 0 Å². The lowest BCUT2D eigenvalue weighted by Crippen LogP contribution is -2.43. The molecule has 0 aliphatic rings. The second-order valence-electron chi connectivity index (χ2n) is 5.87. The highest BCUT2D eigenvalue weighted by molar-refractivity contribution is 14.0. The van der Waals surface area contributed by atoms with Gasteiger partial charge in [-0.1, -0.05) is 20.8 Å². The van der Waals surface area contributed by atoms with Gasteiger partial charge in [0.2, 0.25) is 5.91 Å². The molecule has 22 heavy (non-hydrogen) atoms. The molecule has 0 radical (unpaired) electrons. The largest absolute Gasteiger partial charge is 0.355 e. The van der Waals surface area contributed by atoms with Crippen LogP contribution in [0.1, 0.15) is 30.5 Å². The standard InChI is InChI=1S/C15H26N4OS.HI/c1-11-6-7-12(21-11)10-19-14(16-5)18-9-8-17-13(20)15(2,3)4;/h6-7H,8-10H2,1-5H3,(H,17,20)(H2,16,18,19);1H. The zero-order valence-electron chi connectivity index (χ0n) is 13.9. The Balaban J connectivity index is 0.00000441. The summed E-state index contributed by atoms with van der Waals surface area (Å²) in [5.74, 6) is 0.798. The van der Waals surface area contributed by atoms with E-state index < -0.39 is 0 Å². The number of hydrogen-bond acceptors (Lipinski definition) is 3. The van der Waals surface area contributed by atoms with Gasteiger partial charge in [0.05, 0.1) is 6.54 Å². The molecule has 0 atom stereocenters. The summed E-state index contributed by atoms with van der Waals surface area (Å²) in [5, 5.41) is 9.33.